The lowest BCUT2D eigenvalue weighted by Gasteiger charge is -2.37. The molecule has 0 aromatic rings. The number of carbonyl (C=O) groups is 1. The number of rotatable bonds is 6. The number of amides is 1. The Balaban J connectivity index is 2.70. The zero-order valence-electron chi connectivity index (χ0n) is 11.7. The molecule has 1 aliphatic rings. The van der Waals surface area contributed by atoms with Gasteiger partial charge in [0.1, 0.15) is 0 Å². The zero-order valence-corrected chi connectivity index (χ0v) is 12.6. The van der Waals surface area contributed by atoms with Gasteiger partial charge in [-0.15, -0.1) is 0 Å². The fraction of sp³-hybridized carbons (Fsp3) is 0.909. The van der Waals surface area contributed by atoms with Gasteiger partial charge in [0, 0.05) is 19.1 Å². The van der Waals surface area contributed by atoms with Gasteiger partial charge in [-0.25, -0.2) is 14.4 Å². The van der Waals surface area contributed by atoms with E-state index in [0.717, 1.165) is 6.42 Å². The SMILES string of the molecule is CCOP(=O)(NC1CN(C(=O)O)CCC1C)OCC. The molecular weight excluding hydrogens is 271 g/mol. The molecule has 0 radical (unpaired) electrons. The Hall–Kier alpha value is -0.620. The average molecular weight is 294 g/mol. The first-order chi connectivity index (χ1) is 8.91. The highest BCUT2D eigenvalue weighted by atomic mass is 31.2. The van der Waals surface area contributed by atoms with Gasteiger partial charge in [-0.3, -0.25) is 9.05 Å². The molecule has 0 spiro atoms. The topological polar surface area (TPSA) is 88.1 Å². The molecule has 112 valence electrons. The van der Waals surface area contributed by atoms with Crippen molar-refractivity contribution in [3.05, 3.63) is 0 Å². The Labute approximate surface area is 113 Å². The van der Waals surface area contributed by atoms with Crippen molar-refractivity contribution in [3.8, 4) is 0 Å². The summed E-state index contributed by atoms with van der Waals surface area (Å²) in [4.78, 5) is 12.3. The van der Waals surface area contributed by atoms with Crippen molar-refractivity contribution in [3.63, 3.8) is 0 Å². The maximum absolute atomic E-state index is 12.4. The second kappa shape index (κ2) is 7.24. The molecule has 1 heterocycles. The predicted molar refractivity (Wildman–Crippen MR) is 71.2 cm³/mol. The van der Waals surface area contributed by atoms with Crippen molar-refractivity contribution >= 4 is 13.8 Å². The van der Waals surface area contributed by atoms with Crippen LogP contribution in [0.5, 0.6) is 0 Å². The average Bonchev–Trinajstić information content (AvgIpc) is 2.32. The quantitative estimate of drug-likeness (QED) is 0.730. The Morgan fingerprint density at radius 3 is 2.47 bits per heavy atom. The first-order valence-corrected chi connectivity index (χ1v) is 8.11. The van der Waals surface area contributed by atoms with Crippen LogP contribution >= 0.6 is 7.75 Å². The molecule has 2 atom stereocenters. The van der Waals surface area contributed by atoms with Crippen LogP contribution in [0.3, 0.4) is 0 Å². The smallest absolute Gasteiger partial charge is 0.407 e. The number of carboxylic acid groups (broad SMARTS) is 1. The van der Waals surface area contributed by atoms with Crippen LogP contribution in [-0.4, -0.2) is 48.4 Å². The van der Waals surface area contributed by atoms with Crippen LogP contribution in [0, 0.1) is 5.92 Å². The van der Waals surface area contributed by atoms with E-state index in [1.165, 1.54) is 4.90 Å². The number of hydrogen-bond donors (Lipinski definition) is 2. The van der Waals surface area contributed by atoms with E-state index in [1.54, 1.807) is 13.8 Å². The molecule has 0 saturated carbocycles. The van der Waals surface area contributed by atoms with Crippen LogP contribution in [0.15, 0.2) is 0 Å². The van der Waals surface area contributed by atoms with Crippen LogP contribution in [0.2, 0.25) is 0 Å². The van der Waals surface area contributed by atoms with E-state index in [2.05, 4.69) is 5.09 Å². The standard InChI is InChI=1S/C11H23N2O5P/c1-4-17-19(16,18-5-2)12-10-8-13(11(14)15)7-6-9(10)3/h9-10H,4-8H2,1-3H3,(H,12,16)(H,14,15). The molecular formula is C11H23N2O5P. The summed E-state index contributed by atoms with van der Waals surface area (Å²) in [7, 11) is -3.35. The van der Waals surface area contributed by atoms with E-state index in [-0.39, 0.29) is 25.2 Å². The second-order valence-corrected chi connectivity index (χ2v) is 6.33. The normalized spacial score (nSPS) is 24.5. The summed E-state index contributed by atoms with van der Waals surface area (Å²) >= 11 is 0. The summed E-state index contributed by atoms with van der Waals surface area (Å²) in [5.74, 6) is 0.213. The summed E-state index contributed by atoms with van der Waals surface area (Å²) < 4.78 is 22.7. The Morgan fingerprint density at radius 2 is 2.00 bits per heavy atom. The van der Waals surface area contributed by atoms with Crippen molar-refractivity contribution in [1.82, 2.24) is 9.99 Å². The number of piperidine rings is 1. The molecule has 7 nitrogen and oxygen atoms in total. The second-order valence-electron chi connectivity index (χ2n) is 4.56. The fourth-order valence-corrected chi connectivity index (χ4v) is 3.71. The van der Waals surface area contributed by atoms with Gasteiger partial charge in [-0.05, 0) is 26.2 Å². The molecule has 1 rings (SSSR count). The van der Waals surface area contributed by atoms with Gasteiger partial charge in [0.05, 0.1) is 13.2 Å². The minimum Gasteiger partial charge on any atom is -0.465 e. The monoisotopic (exact) mass is 294 g/mol. The van der Waals surface area contributed by atoms with E-state index in [4.69, 9.17) is 14.2 Å². The third-order valence-electron chi connectivity index (χ3n) is 3.15. The van der Waals surface area contributed by atoms with Crippen molar-refractivity contribution in [1.29, 1.82) is 0 Å². The minimum atomic E-state index is -3.35. The molecule has 1 saturated heterocycles. The van der Waals surface area contributed by atoms with Gasteiger partial charge in [0.15, 0.2) is 0 Å². The molecule has 2 unspecified atom stereocenters. The summed E-state index contributed by atoms with van der Waals surface area (Å²) in [6.45, 7) is 6.81. The lowest BCUT2D eigenvalue weighted by Crippen LogP contribution is -2.50. The van der Waals surface area contributed by atoms with Crippen molar-refractivity contribution in [2.75, 3.05) is 26.3 Å². The minimum absolute atomic E-state index is 0.213. The van der Waals surface area contributed by atoms with Crippen LogP contribution in [0.1, 0.15) is 27.2 Å². The van der Waals surface area contributed by atoms with E-state index in [9.17, 15) is 9.36 Å². The third-order valence-corrected chi connectivity index (χ3v) is 5.00. The van der Waals surface area contributed by atoms with Crippen LogP contribution in [0.25, 0.3) is 0 Å². The van der Waals surface area contributed by atoms with Crippen molar-refractivity contribution in [2.45, 2.75) is 33.2 Å². The van der Waals surface area contributed by atoms with Gasteiger partial charge in [0.25, 0.3) is 0 Å². The number of hydrogen-bond acceptors (Lipinski definition) is 4. The van der Waals surface area contributed by atoms with Gasteiger partial charge in [0.2, 0.25) is 0 Å². The number of nitrogens with one attached hydrogen (secondary N) is 1. The molecule has 1 amide bonds. The molecule has 0 aliphatic carbocycles. The third kappa shape index (κ3) is 4.76. The first kappa shape index (κ1) is 16.4. The Bertz CT molecular complexity index is 342. The Morgan fingerprint density at radius 1 is 1.42 bits per heavy atom. The van der Waals surface area contributed by atoms with Gasteiger partial charge >= 0.3 is 13.8 Å². The maximum atomic E-state index is 12.4. The van der Waals surface area contributed by atoms with Gasteiger partial charge in [-0.2, -0.15) is 0 Å². The molecule has 0 bridgehead atoms. The van der Waals surface area contributed by atoms with Gasteiger partial charge < -0.3 is 10.0 Å². The number of nitrogens with zero attached hydrogens (tertiary/aromatic N) is 1. The van der Waals surface area contributed by atoms with Crippen LogP contribution in [-0.2, 0) is 13.6 Å². The summed E-state index contributed by atoms with van der Waals surface area (Å²) in [5, 5.41) is 11.9. The van der Waals surface area contributed by atoms with E-state index in [0.29, 0.717) is 13.1 Å². The van der Waals surface area contributed by atoms with Crippen LogP contribution < -0.4 is 5.09 Å². The highest BCUT2D eigenvalue weighted by molar-refractivity contribution is 7.51. The summed E-state index contributed by atoms with van der Waals surface area (Å²) in [5.41, 5.74) is 0. The lowest BCUT2D eigenvalue weighted by molar-refractivity contribution is 0.111. The number of likely N-dealkylation sites (tertiary alicyclic amines) is 1. The fourth-order valence-electron chi connectivity index (χ4n) is 2.07. The largest absolute Gasteiger partial charge is 0.465 e. The van der Waals surface area contributed by atoms with E-state index >= 15 is 0 Å². The molecule has 8 heteroatoms. The van der Waals surface area contributed by atoms with Crippen LogP contribution in [0.4, 0.5) is 4.79 Å². The van der Waals surface area contributed by atoms with E-state index in [1.807, 2.05) is 6.92 Å². The molecule has 0 aromatic heterocycles. The maximum Gasteiger partial charge on any atom is 0.407 e. The lowest BCUT2D eigenvalue weighted by atomic mass is 9.95. The molecule has 1 aliphatic heterocycles. The van der Waals surface area contributed by atoms with E-state index < -0.39 is 13.8 Å². The zero-order chi connectivity index (χ0) is 14.5. The molecule has 0 aromatic carbocycles. The first-order valence-electron chi connectivity index (χ1n) is 6.56. The molecule has 1 fully saturated rings. The highest BCUT2D eigenvalue weighted by Crippen LogP contribution is 2.45. The van der Waals surface area contributed by atoms with Crippen molar-refractivity contribution in [2.24, 2.45) is 5.92 Å². The Kier molecular flexibility index (Phi) is 6.26. The summed E-state index contributed by atoms with van der Waals surface area (Å²) in [6.07, 6.45) is -0.233. The van der Waals surface area contributed by atoms with Gasteiger partial charge in [-0.1, -0.05) is 6.92 Å². The molecule has 2 N–H and O–H groups in total. The predicted octanol–water partition coefficient (Wildman–Crippen LogP) is 2.15. The van der Waals surface area contributed by atoms with Crippen molar-refractivity contribution < 1.29 is 23.5 Å². The highest BCUT2D eigenvalue weighted by Gasteiger charge is 2.35. The molecule has 19 heavy (non-hydrogen) atoms. The summed E-state index contributed by atoms with van der Waals surface area (Å²) in [6, 6.07) is -0.228.